The van der Waals surface area contributed by atoms with E-state index in [0.29, 0.717) is 0 Å². The molecule has 1 unspecified atom stereocenters. The van der Waals surface area contributed by atoms with Gasteiger partial charge in [-0.2, -0.15) is 5.26 Å². The van der Waals surface area contributed by atoms with Gasteiger partial charge in [-0.25, -0.2) is 0 Å². The first-order chi connectivity index (χ1) is 10.1. The zero-order valence-corrected chi connectivity index (χ0v) is 12.3. The number of rotatable bonds is 2. The first-order valence-electron chi connectivity index (χ1n) is 6.63. The van der Waals surface area contributed by atoms with Crippen LogP contribution in [-0.2, 0) is 6.42 Å². The Morgan fingerprint density at radius 3 is 3.00 bits per heavy atom. The van der Waals surface area contributed by atoms with E-state index in [0.717, 1.165) is 18.7 Å². The summed E-state index contributed by atoms with van der Waals surface area (Å²) in [6.07, 6.45) is 0.950. The smallest absolute Gasteiger partial charge is 0.289 e. The van der Waals surface area contributed by atoms with Gasteiger partial charge in [-0.1, -0.05) is 0 Å². The van der Waals surface area contributed by atoms with Gasteiger partial charge in [0.05, 0.1) is 11.0 Å². The molecule has 0 aliphatic carbocycles. The summed E-state index contributed by atoms with van der Waals surface area (Å²) in [5, 5.41) is 22.1. The van der Waals surface area contributed by atoms with Crippen LogP contribution >= 0.6 is 11.3 Å². The molecule has 2 heterocycles. The number of thiophene rings is 1. The lowest BCUT2D eigenvalue weighted by Gasteiger charge is -2.35. The van der Waals surface area contributed by atoms with Gasteiger partial charge in [-0.3, -0.25) is 10.1 Å². The molecule has 0 radical (unpaired) electrons. The number of nitriles is 1. The fourth-order valence-electron chi connectivity index (χ4n) is 2.81. The third kappa shape index (κ3) is 2.26. The fourth-order valence-corrected chi connectivity index (χ4v) is 3.77. The molecule has 0 saturated carbocycles. The molecule has 0 bridgehead atoms. The molecule has 1 aliphatic rings. The van der Waals surface area contributed by atoms with E-state index < -0.39 is 4.92 Å². The molecule has 1 atom stereocenters. The van der Waals surface area contributed by atoms with E-state index in [-0.39, 0.29) is 17.3 Å². The Kier molecular flexibility index (Phi) is 3.35. The van der Waals surface area contributed by atoms with Crippen molar-refractivity contribution in [2.75, 3.05) is 11.4 Å². The average molecular weight is 299 g/mol. The topological polar surface area (TPSA) is 70.2 Å². The zero-order chi connectivity index (χ0) is 15.0. The number of anilines is 1. The molecule has 0 fully saturated rings. The third-order valence-electron chi connectivity index (χ3n) is 3.91. The van der Waals surface area contributed by atoms with Gasteiger partial charge in [-0.15, -0.1) is 11.3 Å². The van der Waals surface area contributed by atoms with Gasteiger partial charge in [0.2, 0.25) is 0 Å². The number of hydrogen-bond acceptors (Lipinski definition) is 5. The van der Waals surface area contributed by atoms with Crippen LogP contribution in [0.2, 0.25) is 0 Å². The minimum Gasteiger partial charge on any atom is -0.364 e. The van der Waals surface area contributed by atoms with Crippen molar-refractivity contribution in [3.8, 4) is 6.07 Å². The van der Waals surface area contributed by atoms with Crippen LogP contribution in [0.3, 0.4) is 0 Å². The molecule has 3 rings (SSSR count). The number of hydrogen-bond donors (Lipinski definition) is 0. The Labute approximate surface area is 126 Å². The van der Waals surface area contributed by atoms with Crippen LogP contribution in [0.4, 0.5) is 11.4 Å². The van der Waals surface area contributed by atoms with Gasteiger partial charge < -0.3 is 4.90 Å². The Morgan fingerprint density at radius 2 is 2.29 bits per heavy atom. The fraction of sp³-hybridized carbons (Fsp3) is 0.267. The lowest BCUT2D eigenvalue weighted by molar-refractivity contribution is -0.385. The average Bonchev–Trinajstić information content (AvgIpc) is 2.96. The van der Waals surface area contributed by atoms with Crippen molar-refractivity contribution in [2.45, 2.75) is 19.4 Å². The van der Waals surface area contributed by atoms with Gasteiger partial charge in [0.25, 0.3) is 5.69 Å². The molecule has 5 nitrogen and oxygen atoms in total. The molecule has 1 aliphatic heterocycles. The van der Waals surface area contributed by atoms with E-state index in [4.69, 9.17) is 5.26 Å². The van der Waals surface area contributed by atoms with Crippen LogP contribution in [0.25, 0.3) is 0 Å². The molecule has 0 spiro atoms. The van der Waals surface area contributed by atoms with E-state index >= 15 is 0 Å². The lowest BCUT2D eigenvalue weighted by atomic mass is 10.00. The quantitative estimate of drug-likeness (QED) is 0.627. The highest BCUT2D eigenvalue weighted by Crippen LogP contribution is 2.37. The van der Waals surface area contributed by atoms with Crippen molar-refractivity contribution in [1.82, 2.24) is 0 Å². The number of nitrogens with zero attached hydrogens (tertiary/aromatic N) is 3. The number of nitro benzene ring substituents is 1. The SMILES string of the molecule is CC1c2ccsc2CCN1c1ccc(C#N)c([N+](=O)[O-])c1. The summed E-state index contributed by atoms with van der Waals surface area (Å²) in [4.78, 5) is 14.1. The first kappa shape index (κ1) is 13.6. The van der Waals surface area contributed by atoms with E-state index in [2.05, 4.69) is 23.3 Å². The second-order valence-electron chi connectivity index (χ2n) is 4.99. The maximum absolute atomic E-state index is 11.1. The van der Waals surface area contributed by atoms with E-state index in [1.165, 1.54) is 22.6 Å². The van der Waals surface area contributed by atoms with Crippen molar-refractivity contribution in [1.29, 1.82) is 5.26 Å². The normalized spacial score (nSPS) is 17.1. The minimum absolute atomic E-state index is 0.102. The van der Waals surface area contributed by atoms with Crippen LogP contribution in [-0.4, -0.2) is 11.5 Å². The molecule has 1 aromatic heterocycles. The van der Waals surface area contributed by atoms with Crippen molar-refractivity contribution < 1.29 is 4.92 Å². The van der Waals surface area contributed by atoms with Crippen LogP contribution in [0, 0.1) is 21.4 Å². The van der Waals surface area contributed by atoms with Crippen LogP contribution in [0.1, 0.15) is 29.0 Å². The van der Waals surface area contributed by atoms with E-state index in [9.17, 15) is 10.1 Å². The lowest BCUT2D eigenvalue weighted by Crippen LogP contribution is -2.33. The first-order valence-corrected chi connectivity index (χ1v) is 7.51. The molecular formula is C15H13N3O2S. The number of benzene rings is 1. The largest absolute Gasteiger partial charge is 0.364 e. The summed E-state index contributed by atoms with van der Waals surface area (Å²) in [5.41, 5.74) is 2.06. The molecule has 21 heavy (non-hydrogen) atoms. The monoisotopic (exact) mass is 299 g/mol. The Bertz CT molecular complexity index is 748. The third-order valence-corrected chi connectivity index (χ3v) is 4.90. The van der Waals surface area contributed by atoms with Gasteiger partial charge in [0, 0.05) is 23.2 Å². The zero-order valence-electron chi connectivity index (χ0n) is 11.4. The second-order valence-corrected chi connectivity index (χ2v) is 5.99. The van der Waals surface area contributed by atoms with Gasteiger partial charge in [-0.05, 0) is 42.5 Å². The van der Waals surface area contributed by atoms with Crippen LogP contribution in [0.5, 0.6) is 0 Å². The summed E-state index contributed by atoms with van der Waals surface area (Å²) < 4.78 is 0. The molecule has 2 aromatic rings. The Hall–Kier alpha value is -2.39. The number of nitro groups is 1. The summed E-state index contributed by atoms with van der Waals surface area (Å²) >= 11 is 1.76. The predicted molar refractivity (Wildman–Crippen MR) is 81.6 cm³/mol. The summed E-state index contributed by atoms with van der Waals surface area (Å²) in [6, 6.07) is 9.01. The molecule has 0 N–H and O–H groups in total. The summed E-state index contributed by atoms with van der Waals surface area (Å²) in [7, 11) is 0. The van der Waals surface area contributed by atoms with Crippen LogP contribution in [0.15, 0.2) is 29.6 Å². The highest BCUT2D eigenvalue weighted by atomic mass is 32.1. The van der Waals surface area contributed by atoms with Gasteiger partial charge >= 0.3 is 0 Å². The summed E-state index contributed by atoms with van der Waals surface area (Å²) in [6.45, 7) is 2.94. The Balaban J connectivity index is 2.01. The maximum atomic E-state index is 11.1. The van der Waals surface area contributed by atoms with Gasteiger partial charge in [0.1, 0.15) is 11.6 Å². The highest BCUT2D eigenvalue weighted by Gasteiger charge is 2.26. The highest BCUT2D eigenvalue weighted by molar-refractivity contribution is 7.10. The van der Waals surface area contributed by atoms with Crippen molar-refractivity contribution >= 4 is 22.7 Å². The predicted octanol–water partition coefficient (Wildman–Crippen LogP) is 3.65. The number of fused-ring (bicyclic) bond motifs is 1. The maximum Gasteiger partial charge on any atom is 0.289 e. The molecular weight excluding hydrogens is 286 g/mol. The van der Waals surface area contributed by atoms with Gasteiger partial charge in [0.15, 0.2) is 0 Å². The molecule has 6 heteroatoms. The Morgan fingerprint density at radius 1 is 1.48 bits per heavy atom. The standard InChI is InChI=1S/C15H13N3O2S/c1-10-13-5-7-21-15(13)4-6-17(10)12-3-2-11(9-16)14(8-12)18(19)20/h2-3,5,7-8,10H,4,6H2,1H3. The molecule has 0 amide bonds. The minimum atomic E-state index is -0.493. The van der Waals surface area contributed by atoms with E-state index in [1.807, 2.05) is 6.07 Å². The second kappa shape index (κ2) is 5.19. The van der Waals surface area contributed by atoms with Crippen molar-refractivity contribution in [3.05, 3.63) is 55.8 Å². The van der Waals surface area contributed by atoms with E-state index in [1.54, 1.807) is 17.4 Å². The molecule has 0 saturated heterocycles. The van der Waals surface area contributed by atoms with Crippen molar-refractivity contribution in [2.24, 2.45) is 0 Å². The molecule has 106 valence electrons. The van der Waals surface area contributed by atoms with Crippen LogP contribution < -0.4 is 4.90 Å². The van der Waals surface area contributed by atoms with Crippen molar-refractivity contribution in [3.63, 3.8) is 0 Å². The summed E-state index contributed by atoms with van der Waals surface area (Å²) in [5.74, 6) is 0. The molecule has 1 aromatic carbocycles.